The van der Waals surface area contributed by atoms with Crippen LogP contribution >= 0.6 is 11.6 Å². The highest BCUT2D eigenvalue weighted by atomic mass is 35.5. The van der Waals surface area contributed by atoms with Crippen LogP contribution in [0.15, 0.2) is 24.3 Å². The summed E-state index contributed by atoms with van der Waals surface area (Å²) in [6.07, 6.45) is 4.93. The van der Waals surface area contributed by atoms with Crippen LogP contribution in [0, 0.1) is 6.92 Å². The Labute approximate surface area is 84.2 Å². The number of anilines is 1. The van der Waals surface area contributed by atoms with Gasteiger partial charge in [-0.2, -0.15) is 0 Å². The van der Waals surface area contributed by atoms with E-state index in [2.05, 4.69) is 6.07 Å². The fraction of sp³-hybridized carbons (Fsp3) is 0.273. The zero-order valence-corrected chi connectivity index (χ0v) is 8.51. The van der Waals surface area contributed by atoms with E-state index in [1.807, 2.05) is 31.2 Å². The summed E-state index contributed by atoms with van der Waals surface area (Å²) in [6.45, 7) is 2.03. The first-order chi connectivity index (χ1) is 6.24. The Hall–Kier alpha value is -0.950. The number of alkyl halides is 1. The van der Waals surface area contributed by atoms with Gasteiger partial charge in [-0.05, 0) is 30.5 Å². The maximum Gasteiger partial charge on any atom is 0.0390 e. The first-order valence-corrected chi connectivity index (χ1v) is 4.86. The number of benzene rings is 1. The van der Waals surface area contributed by atoms with Crippen molar-refractivity contribution in [3.63, 3.8) is 0 Å². The number of nitrogen functional groups attached to an aromatic ring is 1. The molecule has 0 spiro atoms. The van der Waals surface area contributed by atoms with Crippen molar-refractivity contribution in [1.29, 1.82) is 0 Å². The van der Waals surface area contributed by atoms with Gasteiger partial charge >= 0.3 is 0 Å². The molecule has 2 N–H and O–H groups in total. The molecular weight excluding hydrogens is 182 g/mol. The fourth-order valence-corrected chi connectivity index (χ4v) is 1.25. The molecule has 0 aliphatic rings. The molecule has 0 fully saturated rings. The molecule has 0 aliphatic carbocycles. The molecule has 13 heavy (non-hydrogen) atoms. The van der Waals surface area contributed by atoms with Gasteiger partial charge < -0.3 is 5.73 Å². The van der Waals surface area contributed by atoms with Crippen molar-refractivity contribution >= 4 is 23.4 Å². The van der Waals surface area contributed by atoms with Gasteiger partial charge in [0.1, 0.15) is 0 Å². The van der Waals surface area contributed by atoms with Gasteiger partial charge in [0, 0.05) is 11.6 Å². The van der Waals surface area contributed by atoms with E-state index in [1.165, 1.54) is 5.56 Å². The first kappa shape index (κ1) is 10.1. The quantitative estimate of drug-likeness (QED) is 0.582. The van der Waals surface area contributed by atoms with Crippen molar-refractivity contribution in [1.82, 2.24) is 0 Å². The van der Waals surface area contributed by atoms with Gasteiger partial charge in [-0.3, -0.25) is 0 Å². The lowest BCUT2D eigenvalue weighted by molar-refractivity contribution is 1.24. The van der Waals surface area contributed by atoms with Crippen LogP contribution in [0.3, 0.4) is 0 Å². The van der Waals surface area contributed by atoms with E-state index in [0.29, 0.717) is 5.88 Å². The molecule has 1 nitrogen and oxygen atoms in total. The lowest BCUT2D eigenvalue weighted by Crippen LogP contribution is -1.89. The average molecular weight is 196 g/mol. The van der Waals surface area contributed by atoms with Crippen molar-refractivity contribution in [3.05, 3.63) is 35.4 Å². The first-order valence-electron chi connectivity index (χ1n) is 4.32. The molecule has 0 saturated heterocycles. The monoisotopic (exact) mass is 195 g/mol. The van der Waals surface area contributed by atoms with Crippen LogP contribution in [0.25, 0.3) is 6.08 Å². The number of halogens is 1. The summed E-state index contributed by atoms with van der Waals surface area (Å²) in [5.74, 6) is 0.655. The maximum atomic E-state index is 5.82. The summed E-state index contributed by atoms with van der Waals surface area (Å²) in [5.41, 5.74) is 8.90. The Kier molecular flexibility index (Phi) is 3.84. The number of hydrogen-bond donors (Lipinski definition) is 1. The van der Waals surface area contributed by atoms with Crippen molar-refractivity contribution < 1.29 is 0 Å². The molecule has 70 valence electrons. The van der Waals surface area contributed by atoms with E-state index in [4.69, 9.17) is 17.3 Å². The summed E-state index contributed by atoms with van der Waals surface area (Å²) in [4.78, 5) is 0. The highest BCUT2D eigenvalue weighted by Crippen LogP contribution is 2.15. The molecule has 0 aliphatic heterocycles. The second-order valence-corrected chi connectivity index (χ2v) is 3.39. The molecule has 0 radical (unpaired) electrons. The average Bonchev–Trinajstić information content (AvgIpc) is 2.09. The van der Waals surface area contributed by atoms with Crippen molar-refractivity contribution in [3.8, 4) is 0 Å². The van der Waals surface area contributed by atoms with Crippen molar-refractivity contribution in [2.24, 2.45) is 0 Å². The van der Waals surface area contributed by atoms with Crippen molar-refractivity contribution in [2.75, 3.05) is 11.6 Å². The fourth-order valence-electron chi connectivity index (χ4n) is 1.12. The van der Waals surface area contributed by atoms with Gasteiger partial charge in [0.15, 0.2) is 0 Å². The SMILES string of the molecule is Cc1ccc(C=CCCCl)c(N)c1. The predicted molar refractivity (Wildman–Crippen MR) is 60.0 cm³/mol. The lowest BCUT2D eigenvalue weighted by Gasteiger charge is -2.00. The molecule has 0 bridgehead atoms. The molecule has 0 unspecified atom stereocenters. The highest BCUT2D eigenvalue weighted by molar-refractivity contribution is 6.17. The Morgan fingerprint density at radius 1 is 1.46 bits per heavy atom. The normalized spacial score (nSPS) is 10.9. The van der Waals surface area contributed by atoms with Crippen LogP contribution in [0.4, 0.5) is 5.69 Å². The van der Waals surface area contributed by atoms with Crippen LogP contribution in [0.2, 0.25) is 0 Å². The third-order valence-corrected chi connectivity index (χ3v) is 2.03. The second-order valence-electron chi connectivity index (χ2n) is 3.01. The number of rotatable bonds is 3. The smallest absolute Gasteiger partial charge is 0.0390 e. The van der Waals surface area contributed by atoms with Gasteiger partial charge in [0.05, 0.1) is 0 Å². The molecule has 1 aromatic rings. The van der Waals surface area contributed by atoms with E-state index in [-0.39, 0.29) is 0 Å². The number of hydrogen-bond acceptors (Lipinski definition) is 1. The van der Waals surface area contributed by atoms with E-state index in [0.717, 1.165) is 17.7 Å². The third-order valence-electron chi connectivity index (χ3n) is 1.82. The lowest BCUT2D eigenvalue weighted by atomic mass is 10.1. The Balaban J connectivity index is 2.77. The summed E-state index contributed by atoms with van der Waals surface area (Å²) in [5, 5.41) is 0. The molecule has 2 heteroatoms. The maximum absolute atomic E-state index is 5.82. The molecule has 0 atom stereocenters. The minimum absolute atomic E-state index is 0.655. The van der Waals surface area contributed by atoms with Crippen LogP contribution in [-0.2, 0) is 0 Å². The van der Waals surface area contributed by atoms with Gasteiger partial charge in [-0.25, -0.2) is 0 Å². The number of nitrogens with two attached hydrogens (primary N) is 1. The summed E-state index contributed by atoms with van der Waals surface area (Å²) >= 11 is 5.55. The Bertz CT molecular complexity index is 305. The molecule has 0 saturated carbocycles. The zero-order valence-electron chi connectivity index (χ0n) is 7.76. The zero-order chi connectivity index (χ0) is 9.68. The third kappa shape index (κ3) is 3.11. The van der Waals surface area contributed by atoms with Gasteiger partial charge in [-0.15, -0.1) is 11.6 Å². The highest BCUT2D eigenvalue weighted by Gasteiger charge is 1.93. The van der Waals surface area contributed by atoms with Gasteiger partial charge in [0.25, 0.3) is 0 Å². The Morgan fingerprint density at radius 2 is 2.23 bits per heavy atom. The predicted octanol–water partition coefficient (Wildman–Crippen LogP) is 3.22. The van der Waals surface area contributed by atoms with E-state index in [9.17, 15) is 0 Å². The molecule has 0 heterocycles. The van der Waals surface area contributed by atoms with Crippen LogP contribution in [-0.4, -0.2) is 5.88 Å². The molecule has 0 aromatic heterocycles. The molecule has 0 amide bonds. The molecular formula is C11H14ClN. The molecule has 1 rings (SSSR count). The van der Waals surface area contributed by atoms with Crippen LogP contribution in [0.5, 0.6) is 0 Å². The van der Waals surface area contributed by atoms with Crippen molar-refractivity contribution in [2.45, 2.75) is 13.3 Å². The number of aryl methyl sites for hydroxylation is 1. The van der Waals surface area contributed by atoms with E-state index < -0.39 is 0 Å². The minimum atomic E-state index is 0.655. The summed E-state index contributed by atoms with van der Waals surface area (Å²) in [6, 6.07) is 6.05. The second kappa shape index (κ2) is 4.93. The van der Waals surface area contributed by atoms with E-state index >= 15 is 0 Å². The van der Waals surface area contributed by atoms with Gasteiger partial charge in [-0.1, -0.05) is 24.3 Å². The van der Waals surface area contributed by atoms with Crippen LogP contribution in [0.1, 0.15) is 17.5 Å². The summed E-state index contributed by atoms with van der Waals surface area (Å²) in [7, 11) is 0. The number of allylic oxidation sites excluding steroid dienone is 1. The largest absolute Gasteiger partial charge is 0.398 e. The van der Waals surface area contributed by atoms with Crippen LogP contribution < -0.4 is 5.73 Å². The van der Waals surface area contributed by atoms with Gasteiger partial charge in [0.2, 0.25) is 0 Å². The minimum Gasteiger partial charge on any atom is -0.398 e. The Morgan fingerprint density at radius 3 is 2.85 bits per heavy atom. The van der Waals surface area contributed by atoms with E-state index in [1.54, 1.807) is 0 Å². The topological polar surface area (TPSA) is 26.0 Å². The summed E-state index contributed by atoms with van der Waals surface area (Å²) < 4.78 is 0. The standard InChI is InChI=1S/C11H14ClN/c1-9-5-6-10(11(13)8-9)4-2-3-7-12/h2,4-6,8H,3,7,13H2,1H3. The molecule has 1 aromatic carbocycles.